The molecule has 7 heteroatoms. The number of carbonyl (C=O) groups excluding carboxylic acids is 1. The van der Waals surface area contributed by atoms with E-state index in [9.17, 15) is 9.90 Å². The number of ketones is 1. The van der Waals surface area contributed by atoms with Gasteiger partial charge in [-0.05, 0) is 68.7 Å². The van der Waals surface area contributed by atoms with Gasteiger partial charge in [0, 0.05) is 59.3 Å². The number of hydrogen-bond donors (Lipinski definition) is 1. The van der Waals surface area contributed by atoms with E-state index in [0.29, 0.717) is 23.7 Å². The van der Waals surface area contributed by atoms with Crippen LogP contribution < -0.4 is 10.4 Å². The van der Waals surface area contributed by atoms with Crippen LogP contribution in [0.4, 0.5) is 0 Å². The van der Waals surface area contributed by atoms with E-state index in [0.717, 1.165) is 17.7 Å². The van der Waals surface area contributed by atoms with Gasteiger partial charge in [0.2, 0.25) is 0 Å². The van der Waals surface area contributed by atoms with Crippen molar-refractivity contribution in [1.29, 1.82) is 0 Å². The van der Waals surface area contributed by atoms with Gasteiger partial charge in [-0.1, -0.05) is 187 Å². The van der Waals surface area contributed by atoms with Crippen LogP contribution in [-0.4, -0.2) is 32.0 Å². The molecule has 0 amide bonds. The van der Waals surface area contributed by atoms with E-state index in [2.05, 4.69) is 201 Å². The number of aliphatic hydroxyl groups excluding tert-OH is 1. The minimum Gasteiger partial charge on any atom is -0.512 e. The molecule has 0 atom stereocenters. The minimum atomic E-state index is -1.67. The SMILES string of the molecule is CC(C)(C)Cc1ccc2c(c1)sc1c(-c3[c-]c4cc(-c5ccccc5)ccc4c([Si](C)(C)C)c3)ncc([Si](C)(C)C)c12.CC(C)C(C(=O)/C=C(\O)C(C(C)C)C(C)C)C(C)C.[Ir]. The molecule has 0 unspecified atom stereocenters. The number of fused-ring (bicyclic) bond motifs is 4. The predicted octanol–water partition coefficient (Wildman–Crippen LogP) is 15.3. The van der Waals surface area contributed by atoms with Crippen LogP contribution in [0.25, 0.3) is 53.3 Å². The summed E-state index contributed by atoms with van der Waals surface area (Å²) in [4.78, 5) is 17.6. The van der Waals surface area contributed by atoms with Crippen molar-refractivity contribution in [2.24, 2.45) is 40.9 Å². The van der Waals surface area contributed by atoms with E-state index in [1.807, 2.05) is 11.3 Å². The molecule has 0 aliphatic carbocycles. The van der Waals surface area contributed by atoms with E-state index < -0.39 is 16.1 Å². The van der Waals surface area contributed by atoms with E-state index in [-0.39, 0.29) is 48.9 Å². The first-order chi connectivity index (χ1) is 28.3. The summed E-state index contributed by atoms with van der Waals surface area (Å²) >= 11 is 1.92. The summed E-state index contributed by atoms with van der Waals surface area (Å²) in [6, 6.07) is 31.1. The molecule has 62 heavy (non-hydrogen) atoms. The fraction of sp³-hybridized carbons (Fsp3) is 0.455. The Hall–Kier alpha value is -3.20. The molecule has 0 saturated heterocycles. The minimum absolute atomic E-state index is 0. The maximum Gasteiger partial charge on any atom is 0.162 e. The molecule has 2 heterocycles. The summed E-state index contributed by atoms with van der Waals surface area (Å²) in [5, 5.41) is 18.5. The molecule has 6 aromatic rings. The molecule has 0 saturated carbocycles. The number of pyridine rings is 1. The van der Waals surface area contributed by atoms with Gasteiger partial charge in [-0.15, -0.1) is 40.1 Å². The van der Waals surface area contributed by atoms with Gasteiger partial charge in [0.15, 0.2) is 5.78 Å². The molecule has 1 radical (unpaired) electrons. The van der Waals surface area contributed by atoms with Gasteiger partial charge in [-0.25, -0.2) is 0 Å². The number of benzene rings is 4. The monoisotopic (exact) mass is 1060 g/mol. The van der Waals surface area contributed by atoms with E-state index >= 15 is 0 Å². The zero-order valence-electron chi connectivity index (χ0n) is 40.8. The zero-order chi connectivity index (χ0) is 45.4. The summed E-state index contributed by atoms with van der Waals surface area (Å²) in [7, 11) is -3.31. The van der Waals surface area contributed by atoms with Crippen LogP contribution in [0.2, 0.25) is 39.3 Å². The van der Waals surface area contributed by atoms with Gasteiger partial charge in [0.25, 0.3) is 0 Å². The predicted molar refractivity (Wildman–Crippen MR) is 276 cm³/mol. The van der Waals surface area contributed by atoms with Crippen LogP contribution in [-0.2, 0) is 31.3 Å². The molecule has 3 nitrogen and oxygen atoms in total. The largest absolute Gasteiger partial charge is 0.512 e. The fourth-order valence-electron chi connectivity index (χ4n) is 9.37. The standard InChI is InChI=1S/C38H42NSSi2.C17H32O2.Ir/c1-38(2,3)23-25-15-17-31-32(19-25)40-37-35(31)34(42(7,8)9)24-39-36(37)29-21-28-20-27(26-13-11-10-12-14-26)16-18-30(28)33(22-29)41(4,5)6;1-10(2)16(11(3)4)14(18)9-15(19)17(12(5)6)13(7)8;/h10-20,22,24H,23H2,1-9H3;9-13,16-18H,1-8H3;/q-1;;/b;14-9-;. The zero-order valence-corrected chi connectivity index (χ0v) is 46.0. The molecular weight excluding hydrogens is 987 g/mol. The van der Waals surface area contributed by atoms with Gasteiger partial charge < -0.3 is 5.11 Å². The number of nitrogens with zero attached hydrogens (tertiary/aromatic N) is 1. The van der Waals surface area contributed by atoms with Gasteiger partial charge in [0.05, 0.1) is 21.9 Å². The fourth-order valence-corrected chi connectivity index (χ4v) is 13.8. The molecule has 0 bridgehead atoms. The average Bonchev–Trinajstić information content (AvgIpc) is 3.50. The third kappa shape index (κ3) is 12.1. The van der Waals surface area contributed by atoms with Crippen molar-refractivity contribution < 1.29 is 30.0 Å². The first kappa shape index (κ1) is 51.4. The third-order valence-corrected chi connectivity index (χ3v) is 17.2. The van der Waals surface area contributed by atoms with E-state index in [1.165, 1.54) is 64.1 Å². The Kier molecular flexibility index (Phi) is 16.9. The molecular formula is C55H74IrNO2SSi2-. The van der Waals surface area contributed by atoms with Crippen molar-refractivity contribution in [1.82, 2.24) is 4.98 Å². The van der Waals surface area contributed by atoms with Gasteiger partial charge >= 0.3 is 0 Å². The molecule has 0 spiro atoms. The van der Waals surface area contributed by atoms with Crippen molar-refractivity contribution in [2.45, 2.75) is 122 Å². The van der Waals surface area contributed by atoms with E-state index in [4.69, 9.17) is 4.98 Å². The second-order valence-electron chi connectivity index (χ2n) is 22.1. The normalized spacial score (nSPS) is 13.0. The Bertz CT molecular complexity index is 2500. The van der Waals surface area contributed by atoms with Crippen molar-refractivity contribution in [2.75, 3.05) is 0 Å². The Balaban J connectivity index is 0.000000360. The first-order valence-electron chi connectivity index (χ1n) is 22.6. The molecule has 0 aliphatic rings. The van der Waals surface area contributed by atoms with Crippen molar-refractivity contribution in [3.63, 3.8) is 0 Å². The van der Waals surface area contributed by atoms with Gasteiger partial charge in [-0.2, -0.15) is 0 Å². The van der Waals surface area contributed by atoms with Gasteiger partial charge in [0.1, 0.15) is 0 Å². The summed E-state index contributed by atoms with van der Waals surface area (Å²) in [5.41, 5.74) is 6.35. The maximum atomic E-state index is 12.3. The number of aromatic nitrogens is 1. The van der Waals surface area contributed by atoms with Crippen molar-refractivity contribution >= 4 is 74.6 Å². The van der Waals surface area contributed by atoms with Crippen molar-refractivity contribution in [3.8, 4) is 22.4 Å². The number of hydrogen-bond acceptors (Lipinski definition) is 4. The topological polar surface area (TPSA) is 50.2 Å². The van der Waals surface area contributed by atoms with Gasteiger partial charge in [-0.3, -0.25) is 9.78 Å². The summed E-state index contributed by atoms with van der Waals surface area (Å²) in [5.74, 6) is 1.63. The Morgan fingerprint density at radius 1 is 0.726 bits per heavy atom. The molecule has 1 N–H and O–H groups in total. The summed E-state index contributed by atoms with van der Waals surface area (Å²) in [6.45, 7) is 38.2. The van der Waals surface area contributed by atoms with Crippen LogP contribution in [0.15, 0.2) is 90.8 Å². The summed E-state index contributed by atoms with van der Waals surface area (Å²) < 4.78 is 2.69. The molecule has 0 aliphatic heterocycles. The number of allylic oxidation sites excluding steroid dienone is 2. The number of rotatable bonds is 12. The Labute approximate surface area is 394 Å². The molecule has 4 aromatic carbocycles. The van der Waals surface area contributed by atoms with Crippen LogP contribution >= 0.6 is 11.3 Å². The van der Waals surface area contributed by atoms with Crippen LogP contribution in [0.3, 0.4) is 0 Å². The Morgan fingerprint density at radius 3 is 1.82 bits per heavy atom. The van der Waals surface area contributed by atoms with Crippen LogP contribution in [0.1, 0.15) is 81.7 Å². The number of carbonyl (C=O) groups is 1. The number of thiophene rings is 1. The Morgan fingerprint density at radius 2 is 1.29 bits per heavy atom. The second kappa shape index (κ2) is 20.3. The van der Waals surface area contributed by atoms with Crippen molar-refractivity contribution in [3.05, 3.63) is 102 Å². The first-order valence-corrected chi connectivity index (χ1v) is 30.5. The molecule has 0 fully saturated rings. The quantitative estimate of drug-likeness (QED) is 0.0575. The maximum absolute atomic E-state index is 12.3. The number of aliphatic hydroxyl groups is 1. The molecule has 335 valence electrons. The third-order valence-electron chi connectivity index (χ3n) is 12.0. The summed E-state index contributed by atoms with van der Waals surface area (Å²) in [6.07, 6.45) is 4.76. The molecule has 2 aromatic heterocycles. The average molecular weight is 1060 g/mol. The van der Waals surface area contributed by atoms with Crippen LogP contribution in [0, 0.1) is 47.0 Å². The van der Waals surface area contributed by atoms with E-state index in [1.54, 1.807) is 0 Å². The molecule has 6 rings (SSSR count). The second-order valence-corrected chi connectivity index (χ2v) is 33.2. The smallest absolute Gasteiger partial charge is 0.162 e. The van der Waals surface area contributed by atoms with Crippen LogP contribution in [0.5, 0.6) is 0 Å².